The van der Waals surface area contributed by atoms with Gasteiger partial charge in [-0.3, -0.25) is 6.55 Å². The van der Waals surface area contributed by atoms with Crippen LogP contribution in [0.3, 0.4) is 0 Å². The summed E-state index contributed by atoms with van der Waals surface area (Å²) in [6, 6.07) is 0. The molecule has 0 heterocycles. The molecule has 0 saturated heterocycles. The third kappa shape index (κ3) is 16.1. The van der Waals surface area contributed by atoms with Gasteiger partial charge in [0.15, 0.2) is 9.28 Å². The Balaban J connectivity index is -0.000000605. The second-order valence-corrected chi connectivity index (χ2v) is 6.22. The first-order valence-corrected chi connectivity index (χ1v) is 6.05. The van der Waals surface area contributed by atoms with Crippen LogP contribution >= 0.6 is 0 Å². The molecule has 0 aliphatic rings. The molecule has 0 N–H and O–H groups in total. The molecule has 0 aromatic carbocycles. The van der Waals surface area contributed by atoms with Gasteiger partial charge in [0.1, 0.15) is 0 Å². The van der Waals surface area contributed by atoms with E-state index in [2.05, 4.69) is 6.55 Å². The third-order valence-corrected chi connectivity index (χ3v) is 2.91. The fourth-order valence-corrected chi connectivity index (χ4v) is 2.44. The van der Waals surface area contributed by atoms with Crippen molar-refractivity contribution in [3.05, 3.63) is 6.55 Å². The minimum Gasteiger partial charge on any atom is -1.00 e. The van der Waals surface area contributed by atoms with E-state index in [0.29, 0.717) is 0 Å². The summed E-state index contributed by atoms with van der Waals surface area (Å²) in [4.78, 5) is 0. The molecular formula is C9H21IMgO2Si. The summed E-state index contributed by atoms with van der Waals surface area (Å²) in [7, 11) is -1.70. The second kappa shape index (κ2) is 7.83. The SMILES string of the molecule is [CH2-][SiH](OC(C)(C)C)OC(C)(C)C.[I-].[Mg+2]. The van der Waals surface area contributed by atoms with Crippen molar-refractivity contribution in [2.75, 3.05) is 0 Å². The van der Waals surface area contributed by atoms with Crippen LogP contribution < -0.4 is 24.0 Å². The average Bonchev–Trinajstić information content (AvgIpc) is 1.49. The van der Waals surface area contributed by atoms with E-state index in [0.717, 1.165) is 0 Å². The Morgan fingerprint density at radius 1 is 0.857 bits per heavy atom. The van der Waals surface area contributed by atoms with Gasteiger partial charge < -0.3 is 32.8 Å². The summed E-state index contributed by atoms with van der Waals surface area (Å²) in [5.74, 6) is 0. The number of rotatable bonds is 2. The van der Waals surface area contributed by atoms with Gasteiger partial charge in [0.2, 0.25) is 0 Å². The van der Waals surface area contributed by atoms with Gasteiger partial charge in [-0.05, 0) is 41.5 Å². The minimum atomic E-state index is -1.70. The molecule has 0 radical (unpaired) electrons. The number of halogens is 1. The van der Waals surface area contributed by atoms with E-state index in [4.69, 9.17) is 8.85 Å². The molecule has 0 atom stereocenters. The van der Waals surface area contributed by atoms with Crippen molar-refractivity contribution in [2.24, 2.45) is 0 Å². The Hall–Kier alpha value is 1.63. The molecule has 0 aliphatic heterocycles. The Kier molecular flexibility index (Phi) is 11.7. The smallest absolute Gasteiger partial charge is 1.00 e. The molecule has 0 saturated carbocycles. The molecular weight excluding hydrogens is 319 g/mol. The molecule has 2 nitrogen and oxygen atoms in total. The molecule has 0 bridgehead atoms. The molecule has 0 aromatic heterocycles. The van der Waals surface area contributed by atoms with Crippen molar-refractivity contribution in [3.63, 3.8) is 0 Å². The molecule has 0 unspecified atom stereocenters. The summed E-state index contributed by atoms with van der Waals surface area (Å²) in [5, 5.41) is 0. The molecule has 0 aromatic rings. The predicted molar refractivity (Wildman–Crippen MR) is 59.9 cm³/mol. The van der Waals surface area contributed by atoms with Crippen molar-refractivity contribution in [1.82, 2.24) is 0 Å². The first-order valence-electron chi connectivity index (χ1n) is 4.29. The minimum absolute atomic E-state index is 0. The Labute approximate surface area is 124 Å². The van der Waals surface area contributed by atoms with E-state index < -0.39 is 9.28 Å². The first-order chi connectivity index (χ1) is 5.10. The zero-order valence-electron chi connectivity index (χ0n) is 10.2. The summed E-state index contributed by atoms with van der Waals surface area (Å²) >= 11 is 0. The summed E-state index contributed by atoms with van der Waals surface area (Å²) in [5.41, 5.74) is -0.270. The third-order valence-electron chi connectivity index (χ3n) is 0.970. The van der Waals surface area contributed by atoms with E-state index in [9.17, 15) is 0 Å². The van der Waals surface area contributed by atoms with E-state index in [1.54, 1.807) is 0 Å². The first kappa shape index (κ1) is 21.0. The zero-order chi connectivity index (χ0) is 9.99. The van der Waals surface area contributed by atoms with E-state index in [1.165, 1.54) is 0 Å². The summed E-state index contributed by atoms with van der Waals surface area (Å²) in [6.45, 7) is 16.0. The van der Waals surface area contributed by atoms with Crippen LogP contribution in [0.15, 0.2) is 0 Å². The standard InChI is InChI=1S/C9H21O2Si.HI.Mg/c1-8(2,3)10-12(7)11-9(4,5)6;;/h12H,7H2,1-6H3;1H;/q-1;;+2/p-1. The van der Waals surface area contributed by atoms with Crippen molar-refractivity contribution in [3.8, 4) is 0 Å². The van der Waals surface area contributed by atoms with Crippen molar-refractivity contribution >= 4 is 32.3 Å². The van der Waals surface area contributed by atoms with Crippen molar-refractivity contribution in [1.29, 1.82) is 0 Å². The van der Waals surface area contributed by atoms with E-state index >= 15 is 0 Å². The van der Waals surface area contributed by atoms with E-state index in [-0.39, 0.29) is 58.2 Å². The van der Waals surface area contributed by atoms with Gasteiger partial charge in [-0.1, -0.05) is 0 Å². The predicted octanol–water partition coefficient (Wildman–Crippen LogP) is -1.17. The topological polar surface area (TPSA) is 18.5 Å². The van der Waals surface area contributed by atoms with Crippen LogP contribution in [0.2, 0.25) is 0 Å². The Morgan fingerprint density at radius 2 is 1.07 bits per heavy atom. The van der Waals surface area contributed by atoms with Crippen LogP contribution in [-0.2, 0) is 8.85 Å². The Morgan fingerprint density at radius 3 is 1.21 bits per heavy atom. The number of hydrogen-bond donors (Lipinski definition) is 0. The van der Waals surface area contributed by atoms with Crippen LogP contribution in [0.25, 0.3) is 0 Å². The van der Waals surface area contributed by atoms with Gasteiger partial charge in [0.25, 0.3) is 0 Å². The zero-order valence-corrected chi connectivity index (χ0v) is 14.9. The van der Waals surface area contributed by atoms with Gasteiger partial charge in [-0.25, -0.2) is 0 Å². The van der Waals surface area contributed by atoms with Crippen LogP contribution in [0, 0.1) is 6.55 Å². The van der Waals surface area contributed by atoms with Crippen molar-refractivity contribution in [2.45, 2.75) is 52.7 Å². The molecule has 0 fully saturated rings. The van der Waals surface area contributed by atoms with Gasteiger partial charge >= 0.3 is 23.1 Å². The Bertz CT molecular complexity index is 127. The molecule has 0 rings (SSSR count). The fourth-order valence-electron chi connectivity index (χ4n) is 0.813. The fraction of sp³-hybridized carbons (Fsp3) is 0.889. The molecule has 82 valence electrons. The van der Waals surface area contributed by atoms with Crippen LogP contribution in [0.4, 0.5) is 0 Å². The van der Waals surface area contributed by atoms with E-state index in [1.807, 2.05) is 41.5 Å². The maximum atomic E-state index is 5.62. The quantitative estimate of drug-likeness (QED) is 0.358. The van der Waals surface area contributed by atoms with Crippen LogP contribution in [-0.4, -0.2) is 43.5 Å². The summed E-state index contributed by atoms with van der Waals surface area (Å²) in [6.07, 6.45) is 0. The molecule has 0 amide bonds. The maximum absolute atomic E-state index is 5.62. The average molecular weight is 341 g/mol. The maximum Gasteiger partial charge on any atom is 2.00 e. The molecule has 0 spiro atoms. The molecule has 14 heavy (non-hydrogen) atoms. The van der Waals surface area contributed by atoms with Crippen LogP contribution in [0.5, 0.6) is 0 Å². The van der Waals surface area contributed by atoms with Gasteiger partial charge in [0, 0.05) is 11.2 Å². The van der Waals surface area contributed by atoms with Gasteiger partial charge in [-0.15, -0.1) is 0 Å². The largest absolute Gasteiger partial charge is 2.00 e. The molecule has 0 aliphatic carbocycles. The van der Waals surface area contributed by atoms with Gasteiger partial charge in [-0.2, -0.15) is 0 Å². The van der Waals surface area contributed by atoms with Crippen molar-refractivity contribution < 1.29 is 32.8 Å². The normalized spacial score (nSPS) is 12.0. The summed E-state index contributed by atoms with van der Waals surface area (Å²) < 4.78 is 11.2. The van der Waals surface area contributed by atoms with Crippen LogP contribution in [0.1, 0.15) is 41.5 Å². The molecule has 5 heteroatoms. The second-order valence-electron chi connectivity index (χ2n) is 4.89. The van der Waals surface area contributed by atoms with Gasteiger partial charge in [0.05, 0.1) is 0 Å². The monoisotopic (exact) mass is 340 g/mol. The number of hydrogen-bond acceptors (Lipinski definition) is 2.